The quantitative estimate of drug-likeness (QED) is 0.555. The fraction of sp³-hybridized carbons (Fsp3) is 0.385. The molecular formula is C13H14F2IO3P. The molecule has 1 aromatic rings. The molecule has 0 N–H and O–H groups in total. The van der Waals surface area contributed by atoms with E-state index in [1.165, 1.54) is 6.92 Å². The largest absolute Gasteiger partial charge is 0.626 e. The number of rotatable bonds is 3. The summed E-state index contributed by atoms with van der Waals surface area (Å²) in [6, 6.07) is 8.83. The Bertz CT molecular complexity index is 526. The van der Waals surface area contributed by atoms with E-state index in [9.17, 15) is 13.7 Å². The highest BCUT2D eigenvalue weighted by Crippen LogP contribution is 2.73. The molecule has 1 aliphatic heterocycles. The summed E-state index contributed by atoms with van der Waals surface area (Å²) in [5.41, 5.74) is -4.17. The third kappa shape index (κ3) is 2.64. The molecule has 0 amide bonds. The number of benzene rings is 1. The molecule has 0 spiro atoms. The zero-order chi connectivity index (χ0) is 15.0. The highest BCUT2D eigenvalue weighted by molar-refractivity contribution is 14.1. The molecule has 2 atom stereocenters. The minimum atomic E-state index is -4.56. The summed E-state index contributed by atoms with van der Waals surface area (Å²) in [4.78, 5) is 12.4. The molecule has 1 heterocycles. The molecule has 0 aliphatic carbocycles. The van der Waals surface area contributed by atoms with E-state index >= 15 is 0 Å². The smallest absolute Gasteiger partial charge is 0.423 e. The van der Waals surface area contributed by atoms with Gasteiger partial charge >= 0.3 is 13.6 Å². The van der Waals surface area contributed by atoms with E-state index in [1.54, 1.807) is 53.8 Å². The molecule has 0 bridgehead atoms. The molecule has 0 saturated carbocycles. The second kappa shape index (κ2) is 5.57. The second-order valence-corrected chi connectivity index (χ2v) is 7.68. The predicted molar refractivity (Wildman–Crippen MR) is 80.5 cm³/mol. The van der Waals surface area contributed by atoms with Gasteiger partial charge in [0.1, 0.15) is 0 Å². The molecule has 0 radical (unpaired) electrons. The Morgan fingerprint density at radius 1 is 1.35 bits per heavy atom. The van der Waals surface area contributed by atoms with E-state index in [1.807, 2.05) is 6.07 Å². The van der Waals surface area contributed by atoms with Crippen molar-refractivity contribution in [1.29, 1.82) is 0 Å². The van der Waals surface area contributed by atoms with Crippen LogP contribution in [-0.4, -0.2) is 12.3 Å². The maximum absolute atomic E-state index is 14.0. The van der Waals surface area contributed by atoms with Gasteiger partial charge in [0.05, 0.1) is 6.61 Å². The molecule has 20 heavy (non-hydrogen) atoms. The first-order valence-corrected chi connectivity index (χ1v) is 8.65. The third-order valence-electron chi connectivity index (χ3n) is 3.05. The van der Waals surface area contributed by atoms with Crippen molar-refractivity contribution in [2.45, 2.75) is 25.1 Å². The van der Waals surface area contributed by atoms with E-state index in [2.05, 4.69) is 0 Å². The number of alkyl halides is 2. The lowest BCUT2D eigenvalue weighted by molar-refractivity contribution is -0.249. The molecule has 110 valence electrons. The van der Waals surface area contributed by atoms with Crippen LogP contribution in [0.3, 0.4) is 0 Å². The van der Waals surface area contributed by atoms with Crippen LogP contribution in [0.25, 0.3) is 0 Å². The average Bonchev–Trinajstić information content (AvgIpc) is 2.37. The van der Waals surface area contributed by atoms with Crippen LogP contribution in [0.15, 0.2) is 40.0 Å². The normalized spacial score (nSPS) is 32.8. The SMILES string of the molecule is CCO[P+]1([O-])OC(C)(c2ccccc2)C(I)=CC1(F)F. The molecule has 0 fully saturated rings. The summed E-state index contributed by atoms with van der Waals surface area (Å²) in [6.07, 6.45) is 0.681. The Hall–Kier alpha value is -0.140. The highest BCUT2D eigenvalue weighted by atomic mass is 127. The minimum absolute atomic E-state index is 0.109. The molecular weight excluding hydrogens is 400 g/mol. The molecule has 7 heteroatoms. The fourth-order valence-electron chi connectivity index (χ4n) is 1.94. The van der Waals surface area contributed by atoms with Crippen LogP contribution in [0.5, 0.6) is 0 Å². The Morgan fingerprint density at radius 3 is 2.50 bits per heavy atom. The van der Waals surface area contributed by atoms with E-state index in [4.69, 9.17) is 9.05 Å². The predicted octanol–water partition coefficient (Wildman–Crippen LogP) is 4.00. The van der Waals surface area contributed by atoms with Crippen molar-refractivity contribution in [3.05, 3.63) is 45.6 Å². The van der Waals surface area contributed by atoms with Crippen LogP contribution in [0.4, 0.5) is 8.78 Å². The van der Waals surface area contributed by atoms with E-state index < -0.39 is 19.2 Å². The lowest BCUT2D eigenvalue weighted by atomic mass is 9.95. The molecule has 3 nitrogen and oxygen atoms in total. The Kier molecular flexibility index (Phi) is 4.52. The van der Waals surface area contributed by atoms with E-state index in [-0.39, 0.29) is 10.2 Å². The van der Waals surface area contributed by atoms with Crippen molar-refractivity contribution in [2.75, 3.05) is 6.61 Å². The minimum Gasteiger partial charge on any atom is -0.626 e. The standard InChI is InChI=1S/C13H14F2IO3P/c1-3-18-20(17)13(14,15)9-11(16)12(2,19-20)10-7-5-4-6-8-10/h4-9H,3H2,1-2H3. The van der Waals surface area contributed by atoms with Crippen molar-refractivity contribution in [1.82, 2.24) is 0 Å². The molecule has 0 saturated heterocycles. The van der Waals surface area contributed by atoms with Crippen LogP contribution in [0.2, 0.25) is 0 Å². The van der Waals surface area contributed by atoms with Gasteiger partial charge in [-0.1, -0.05) is 30.3 Å². The summed E-state index contributed by atoms with van der Waals surface area (Å²) in [5, 5.41) is 0. The first kappa shape index (κ1) is 16.2. The summed E-state index contributed by atoms with van der Waals surface area (Å²) >= 11 is 1.79. The van der Waals surface area contributed by atoms with Gasteiger partial charge in [-0.3, -0.25) is 0 Å². The monoisotopic (exact) mass is 414 g/mol. The van der Waals surface area contributed by atoms with Gasteiger partial charge in [-0.05, 0) is 42.0 Å². The van der Waals surface area contributed by atoms with Crippen molar-refractivity contribution in [3.8, 4) is 0 Å². The summed E-state index contributed by atoms with van der Waals surface area (Å²) in [7, 11) is -4.56. The average molecular weight is 414 g/mol. The second-order valence-electron chi connectivity index (χ2n) is 4.49. The number of hydrogen-bond donors (Lipinski definition) is 0. The van der Waals surface area contributed by atoms with Gasteiger partial charge in [-0.25, -0.2) is 4.52 Å². The number of allylic oxidation sites excluding steroid dienone is 1. The van der Waals surface area contributed by atoms with E-state index in [0.29, 0.717) is 11.6 Å². The van der Waals surface area contributed by atoms with Gasteiger partial charge in [-0.2, -0.15) is 13.3 Å². The van der Waals surface area contributed by atoms with E-state index in [0.717, 1.165) is 0 Å². The lowest BCUT2D eigenvalue weighted by Crippen LogP contribution is -2.42. The Morgan fingerprint density at radius 2 is 1.95 bits per heavy atom. The van der Waals surface area contributed by atoms with Crippen LogP contribution >= 0.6 is 30.5 Å². The van der Waals surface area contributed by atoms with Crippen molar-refractivity contribution in [3.63, 3.8) is 0 Å². The molecule has 2 unspecified atom stereocenters. The Balaban J connectivity index is 2.52. The summed E-state index contributed by atoms with van der Waals surface area (Å²) in [6.45, 7) is 3.01. The van der Waals surface area contributed by atoms with Gasteiger partial charge in [0.25, 0.3) is 0 Å². The fourth-order valence-corrected chi connectivity index (χ4v) is 4.83. The zero-order valence-corrected chi connectivity index (χ0v) is 14.0. The van der Waals surface area contributed by atoms with Gasteiger partial charge in [-0.15, -0.1) is 0 Å². The van der Waals surface area contributed by atoms with Gasteiger partial charge in [0, 0.05) is 9.66 Å². The maximum atomic E-state index is 14.0. The topological polar surface area (TPSA) is 41.5 Å². The van der Waals surface area contributed by atoms with Crippen LogP contribution in [0, 0.1) is 0 Å². The summed E-state index contributed by atoms with van der Waals surface area (Å²) in [5.74, 6) is 0. The van der Waals surface area contributed by atoms with Crippen molar-refractivity contribution in [2.24, 2.45) is 0 Å². The molecule has 1 aliphatic rings. The Labute approximate surface area is 130 Å². The number of hydrogen-bond acceptors (Lipinski definition) is 3. The van der Waals surface area contributed by atoms with Crippen molar-refractivity contribution < 1.29 is 22.7 Å². The summed E-state index contributed by atoms with van der Waals surface area (Å²) < 4.78 is 38.3. The van der Waals surface area contributed by atoms with Crippen molar-refractivity contribution >= 4 is 30.5 Å². The highest BCUT2D eigenvalue weighted by Gasteiger charge is 2.64. The zero-order valence-electron chi connectivity index (χ0n) is 11.0. The van der Waals surface area contributed by atoms with Crippen LogP contribution in [0.1, 0.15) is 19.4 Å². The van der Waals surface area contributed by atoms with Crippen LogP contribution in [-0.2, 0) is 14.6 Å². The van der Waals surface area contributed by atoms with Gasteiger partial charge < -0.3 is 4.89 Å². The first-order chi connectivity index (χ1) is 9.25. The molecule has 2 rings (SSSR count). The molecule has 1 aromatic carbocycles. The maximum Gasteiger partial charge on any atom is 0.423 e. The van der Waals surface area contributed by atoms with Gasteiger partial charge in [0.15, 0.2) is 5.60 Å². The number of halogens is 3. The first-order valence-electron chi connectivity index (χ1n) is 6.03. The molecule has 0 aromatic heterocycles. The lowest BCUT2D eigenvalue weighted by Gasteiger charge is -2.42. The van der Waals surface area contributed by atoms with Gasteiger partial charge in [0.2, 0.25) is 0 Å². The third-order valence-corrected chi connectivity index (χ3v) is 6.45. The van der Waals surface area contributed by atoms with Crippen LogP contribution < -0.4 is 4.89 Å².